The minimum atomic E-state index is 0.430. The van der Waals surface area contributed by atoms with E-state index in [9.17, 15) is 4.79 Å². The topological polar surface area (TPSA) is 17.1 Å². The molecule has 0 bridgehead atoms. The van der Waals surface area contributed by atoms with E-state index in [0.29, 0.717) is 17.6 Å². The summed E-state index contributed by atoms with van der Waals surface area (Å²) in [6.07, 6.45) is 8.13. The molecule has 1 nitrogen and oxygen atoms in total. The third-order valence-corrected chi connectivity index (χ3v) is 3.14. The lowest BCUT2D eigenvalue weighted by atomic mass is 9.92. The molecule has 1 atom stereocenters. The van der Waals surface area contributed by atoms with Crippen molar-refractivity contribution in [2.24, 2.45) is 11.8 Å². The van der Waals surface area contributed by atoms with Crippen LogP contribution in [0.4, 0.5) is 0 Å². The lowest BCUT2D eigenvalue weighted by Gasteiger charge is -2.12. The van der Waals surface area contributed by atoms with Crippen LogP contribution in [0.1, 0.15) is 58.8 Å². The van der Waals surface area contributed by atoms with Gasteiger partial charge in [-0.1, -0.05) is 39.5 Å². The van der Waals surface area contributed by atoms with Crippen molar-refractivity contribution in [3.63, 3.8) is 0 Å². The maximum atomic E-state index is 11.7. The number of hydrogen-bond donors (Lipinski definition) is 0. The van der Waals surface area contributed by atoms with Gasteiger partial charge in [-0.3, -0.25) is 4.79 Å². The van der Waals surface area contributed by atoms with E-state index in [1.54, 1.807) is 0 Å². The van der Waals surface area contributed by atoms with Gasteiger partial charge in [-0.05, 0) is 18.8 Å². The van der Waals surface area contributed by atoms with Crippen molar-refractivity contribution < 1.29 is 4.79 Å². The Bertz CT molecular complexity index is 157. The molecule has 1 unspecified atom stereocenters. The molecule has 0 aromatic rings. The van der Waals surface area contributed by atoms with E-state index in [1.165, 1.54) is 25.7 Å². The molecule has 0 heterocycles. The second-order valence-corrected chi connectivity index (χ2v) is 4.55. The Kier molecular flexibility index (Phi) is 4.47. The first-order chi connectivity index (χ1) is 6.24. The quantitative estimate of drug-likeness (QED) is 0.635. The molecule has 0 spiro atoms. The smallest absolute Gasteiger partial charge is 0.136 e. The van der Waals surface area contributed by atoms with E-state index in [1.807, 2.05) is 0 Å². The van der Waals surface area contributed by atoms with Gasteiger partial charge < -0.3 is 0 Å². The molecule has 1 aliphatic rings. The van der Waals surface area contributed by atoms with Crippen LogP contribution in [0.5, 0.6) is 0 Å². The molecule has 1 rings (SSSR count). The number of rotatable bonds is 5. The van der Waals surface area contributed by atoms with Crippen molar-refractivity contribution in [3.8, 4) is 0 Å². The predicted molar refractivity (Wildman–Crippen MR) is 55.7 cm³/mol. The zero-order chi connectivity index (χ0) is 9.68. The summed E-state index contributed by atoms with van der Waals surface area (Å²) in [4.78, 5) is 11.7. The predicted octanol–water partition coefficient (Wildman–Crippen LogP) is 3.57. The molecule has 76 valence electrons. The monoisotopic (exact) mass is 182 g/mol. The minimum Gasteiger partial charge on any atom is -0.299 e. The first-order valence-electron chi connectivity index (χ1n) is 5.76. The summed E-state index contributed by atoms with van der Waals surface area (Å²) >= 11 is 0. The average molecular weight is 182 g/mol. The van der Waals surface area contributed by atoms with E-state index in [-0.39, 0.29) is 0 Å². The Labute approximate surface area is 81.9 Å². The van der Waals surface area contributed by atoms with Gasteiger partial charge in [0.2, 0.25) is 0 Å². The largest absolute Gasteiger partial charge is 0.299 e. The van der Waals surface area contributed by atoms with Gasteiger partial charge in [0, 0.05) is 12.3 Å². The van der Waals surface area contributed by atoms with Crippen LogP contribution in [-0.4, -0.2) is 5.78 Å². The van der Waals surface area contributed by atoms with Gasteiger partial charge in [0.05, 0.1) is 0 Å². The summed E-state index contributed by atoms with van der Waals surface area (Å²) in [5, 5.41) is 0. The Morgan fingerprint density at radius 2 is 2.00 bits per heavy atom. The van der Waals surface area contributed by atoms with Crippen LogP contribution in [-0.2, 0) is 4.79 Å². The fraction of sp³-hybridized carbons (Fsp3) is 0.917. The van der Waals surface area contributed by atoms with E-state index in [0.717, 1.165) is 19.3 Å². The molecule has 0 aromatic carbocycles. The molecule has 0 aliphatic heterocycles. The molecule has 13 heavy (non-hydrogen) atoms. The lowest BCUT2D eigenvalue weighted by molar-refractivity contribution is -0.123. The van der Waals surface area contributed by atoms with Crippen LogP contribution in [0.3, 0.4) is 0 Å². The third-order valence-electron chi connectivity index (χ3n) is 3.14. The van der Waals surface area contributed by atoms with E-state index < -0.39 is 0 Å². The van der Waals surface area contributed by atoms with Gasteiger partial charge in [-0.15, -0.1) is 0 Å². The fourth-order valence-corrected chi connectivity index (χ4v) is 2.35. The number of Topliss-reactive ketones (excluding diaryl/α,β-unsaturated/α-hetero) is 1. The highest BCUT2D eigenvalue weighted by Gasteiger charge is 2.23. The second-order valence-electron chi connectivity index (χ2n) is 4.55. The molecule has 0 saturated heterocycles. The molecule has 1 aliphatic carbocycles. The summed E-state index contributed by atoms with van der Waals surface area (Å²) in [6, 6.07) is 0. The van der Waals surface area contributed by atoms with Gasteiger partial charge in [0.15, 0.2) is 0 Å². The average Bonchev–Trinajstić information content (AvgIpc) is 2.55. The van der Waals surface area contributed by atoms with Crippen molar-refractivity contribution in [1.29, 1.82) is 0 Å². The van der Waals surface area contributed by atoms with Gasteiger partial charge in [0.25, 0.3) is 0 Å². The summed E-state index contributed by atoms with van der Waals surface area (Å²) < 4.78 is 0. The highest BCUT2D eigenvalue weighted by Crippen LogP contribution is 2.28. The van der Waals surface area contributed by atoms with Crippen molar-refractivity contribution in [2.45, 2.75) is 58.8 Å². The van der Waals surface area contributed by atoms with Gasteiger partial charge in [-0.25, -0.2) is 0 Å². The minimum absolute atomic E-state index is 0.430. The van der Waals surface area contributed by atoms with Crippen molar-refractivity contribution in [3.05, 3.63) is 0 Å². The Morgan fingerprint density at radius 1 is 1.38 bits per heavy atom. The first kappa shape index (κ1) is 10.7. The molecule has 1 heteroatoms. The van der Waals surface area contributed by atoms with Crippen LogP contribution in [0.2, 0.25) is 0 Å². The zero-order valence-corrected chi connectivity index (χ0v) is 9.01. The number of carbonyl (C=O) groups excluding carboxylic acids is 1. The van der Waals surface area contributed by atoms with Crippen LogP contribution >= 0.6 is 0 Å². The maximum absolute atomic E-state index is 11.7. The fourth-order valence-electron chi connectivity index (χ4n) is 2.35. The van der Waals surface area contributed by atoms with Crippen molar-refractivity contribution in [2.75, 3.05) is 0 Å². The molecule has 1 saturated carbocycles. The third kappa shape index (κ3) is 3.50. The molecule has 0 aromatic heterocycles. The standard InChI is InChI=1S/C12H22O/c1-3-6-10(2)9-12(13)11-7-4-5-8-11/h10-11H,3-9H2,1-2H3. The molecule has 0 amide bonds. The number of ketones is 1. The Morgan fingerprint density at radius 3 is 2.54 bits per heavy atom. The lowest BCUT2D eigenvalue weighted by Crippen LogP contribution is -2.14. The highest BCUT2D eigenvalue weighted by atomic mass is 16.1. The highest BCUT2D eigenvalue weighted by molar-refractivity contribution is 5.81. The number of hydrogen-bond acceptors (Lipinski definition) is 1. The summed E-state index contributed by atoms with van der Waals surface area (Å²) in [5.74, 6) is 1.58. The van der Waals surface area contributed by atoms with E-state index in [2.05, 4.69) is 13.8 Å². The maximum Gasteiger partial charge on any atom is 0.136 e. The molecular weight excluding hydrogens is 160 g/mol. The van der Waals surface area contributed by atoms with E-state index >= 15 is 0 Å². The van der Waals surface area contributed by atoms with Crippen LogP contribution < -0.4 is 0 Å². The number of carbonyl (C=O) groups is 1. The van der Waals surface area contributed by atoms with Crippen LogP contribution in [0, 0.1) is 11.8 Å². The Balaban J connectivity index is 2.23. The van der Waals surface area contributed by atoms with E-state index in [4.69, 9.17) is 0 Å². The first-order valence-corrected chi connectivity index (χ1v) is 5.76. The van der Waals surface area contributed by atoms with Crippen LogP contribution in [0.15, 0.2) is 0 Å². The second kappa shape index (κ2) is 5.41. The summed E-state index contributed by atoms with van der Waals surface area (Å²) in [5.41, 5.74) is 0. The van der Waals surface area contributed by atoms with Crippen molar-refractivity contribution in [1.82, 2.24) is 0 Å². The van der Waals surface area contributed by atoms with Crippen LogP contribution in [0.25, 0.3) is 0 Å². The molecule has 0 radical (unpaired) electrons. The SMILES string of the molecule is CCCC(C)CC(=O)C1CCCC1. The van der Waals surface area contributed by atoms with Gasteiger partial charge in [0.1, 0.15) is 5.78 Å². The van der Waals surface area contributed by atoms with Gasteiger partial charge >= 0.3 is 0 Å². The van der Waals surface area contributed by atoms with Crippen molar-refractivity contribution >= 4 is 5.78 Å². The normalized spacial score (nSPS) is 20.5. The molecule has 0 N–H and O–H groups in total. The summed E-state index contributed by atoms with van der Waals surface area (Å²) in [7, 11) is 0. The zero-order valence-electron chi connectivity index (χ0n) is 9.01. The molecular formula is C12H22O. The van der Waals surface area contributed by atoms with Gasteiger partial charge in [-0.2, -0.15) is 0 Å². The summed E-state index contributed by atoms with van der Waals surface area (Å²) in [6.45, 7) is 4.40. The Hall–Kier alpha value is -0.330. The molecule has 1 fully saturated rings.